The first-order valence-electron chi connectivity index (χ1n) is 7.53. The second-order valence-electron chi connectivity index (χ2n) is 5.76. The average Bonchev–Trinajstić information content (AvgIpc) is 2.51. The summed E-state index contributed by atoms with van der Waals surface area (Å²) in [4.78, 5) is 0. The van der Waals surface area contributed by atoms with Gasteiger partial charge in [-0.05, 0) is 30.4 Å². The Morgan fingerprint density at radius 2 is 1.86 bits per heavy atom. The molecule has 0 bridgehead atoms. The van der Waals surface area contributed by atoms with Gasteiger partial charge in [-0.25, -0.2) is 0 Å². The third-order valence-electron chi connectivity index (χ3n) is 3.78. The number of hydrogen-bond donors (Lipinski definition) is 0. The molecular formula is C19H20BN+. The minimum absolute atomic E-state index is 0.571. The summed E-state index contributed by atoms with van der Waals surface area (Å²) in [7, 11) is 2.12. The van der Waals surface area contributed by atoms with Crippen molar-refractivity contribution in [2.24, 2.45) is 5.92 Å². The average molecular weight is 273 g/mol. The Kier molecular flexibility index (Phi) is 3.79. The van der Waals surface area contributed by atoms with E-state index in [1.165, 1.54) is 27.2 Å². The van der Waals surface area contributed by atoms with Gasteiger partial charge >= 0.3 is 7.41 Å². The minimum atomic E-state index is 0.571. The lowest BCUT2D eigenvalue weighted by atomic mass is 9.94. The molecule has 1 aromatic heterocycles. The highest BCUT2D eigenvalue weighted by atomic mass is 14.8. The van der Waals surface area contributed by atoms with Gasteiger partial charge in [-0.2, -0.15) is 0 Å². The van der Waals surface area contributed by atoms with Crippen molar-refractivity contribution in [2.75, 3.05) is 0 Å². The molecule has 0 aliphatic rings. The van der Waals surface area contributed by atoms with E-state index >= 15 is 0 Å². The third-order valence-corrected chi connectivity index (χ3v) is 3.78. The summed E-state index contributed by atoms with van der Waals surface area (Å²) in [6.45, 7) is 6.47. The number of fused-ring (bicyclic) bond motifs is 3. The molecule has 1 radical (unpaired) electrons. The molecule has 0 aliphatic carbocycles. The Morgan fingerprint density at radius 3 is 2.62 bits per heavy atom. The summed E-state index contributed by atoms with van der Waals surface area (Å²) in [5.74, 6) is 0.571. The van der Waals surface area contributed by atoms with E-state index in [4.69, 9.17) is 0 Å². The van der Waals surface area contributed by atoms with Gasteiger partial charge in [-0.15, -0.1) is 0 Å². The summed E-state index contributed by atoms with van der Waals surface area (Å²) in [5, 5.41) is 3.88. The van der Waals surface area contributed by atoms with E-state index in [1.54, 1.807) is 0 Å². The fraction of sp³-hybridized carbons (Fsp3) is 0.211. The molecule has 2 heteroatoms. The zero-order valence-corrected chi connectivity index (χ0v) is 12.9. The van der Waals surface area contributed by atoms with Gasteiger partial charge in [0.05, 0.1) is 5.39 Å². The molecular weight excluding hydrogens is 253 g/mol. The molecule has 0 unspecified atom stereocenters. The van der Waals surface area contributed by atoms with Crippen molar-refractivity contribution in [3.05, 3.63) is 60.3 Å². The van der Waals surface area contributed by atoms with E-state index in [0.29, 0.717) is 5.92 Å². The fourth-order valence-corrected chi connectivity index (χ4v) is 2.69. The molecule has 21 heavy (non-hydrogen) atoms. The van der Waals surface area contributed by atoms with Crippen LogP contribution in [0.5, 0.6) is 0 Å². The molecule has 0 saturated heterocycles. The largest absolute Gasteiger partial charge is 0.536 e. The van der Waals surface area contributed by atoms with Crippen molar-refractivity contribution in [1.29, 1.82) is 0 Å². The SMILES string of the molecule is C[B][n+]1cc2ccccc2c2ccc(/C=C/C(C)C)cc21. The van der Waals surface area contributed by atoms with Crippen LogP contribution in [0.2, 0.25) is 6.82 Å². The van der Waals surface area contributed by atoms with E-state index in [9.17, 15) is 0 Å². The number of allylic oxidation sites excluding steroid dienone is 1. The second-order valence-corrected chi connectivity index (χ2v) is 5.76. The fourth-order valence-electron chi connectivity index (χ4n) is 2.69. The van der Waals surface area contributed by atoms with Gasteiger partial charge in [0.25, 0.3) is 0 Å². The van der Waals surface area contributed by atoms with Crippen LogP contribution < -0.4 is 4.48 Å². The molecule has 0 amide bonds. The monoisotopic (exact) mass is 273 g/mol. The number of pyridine rings is 1. The molecule has 1 heterocycles. The normalized spacial score (nSPS) is 11.8. The lowest BCUT2D eigenvalue weighted by Crippen LogP contribution is -2.38. The lowest BCUT2D eigenvalue weighted by molar-refractivity contribution is -0.496. The number of rotatable bonds is 3. The molecule has 0 aliphatic heterocycles. The van der Waals surface area contributed by atoms with Gasteiger partial charge in [0.15, 0.2) is 11.7 Å². The maximum atomic E-state index is 2.26. The Labute approximate surface area is 127 Å². The molecule has 1 nitrogen and oxygen atoms in total. The first-order chi connectivity index (χ1) is 10.2. The van der Waals surface area contributed by atoms with Crippen LogP contribution in [-0.2, 0) is 0 Å². The van der Waals surface area contributed by atoms with Crippen LogP contribution in [0.15, 0.2) is 54.7 Å². The molecule has 2 aromatic carbocycles. The van der Waals surface area contributed by atoms with Crippen LogP contribution in [-0.4, -0.2) is 7.41 Å². The zero-order chi connectivity index (χ0) is 14.8. The minimum Gasteiger partial charge on any atom is -0.284 e. The molecule has 3 aromatic rings. The molecule has 3 rings (SSSR count). The van der Waals surface area contributed by atoms with Crippen molar-refractivity contribution in [2.45, 2.75) is 20.7 Å². The summed E-state index contributed by atoms with van der Waals surface area (Å²) in [5.41, 5.74) is 2.50. The Hall–Kier alpha value is -2.09. The van der Waals surface area contributed by atoms with E-state index < -0.39 is 0 Å². The van der Waals surface area contributed by atoms with Crippen LogP contribution in [0.25, 0.3) is 27.8 Å². The van der Waals surface area contributed by atoms with Crippen molar-refractivity contribution in [1.82, 2.24) is 0 Å². The molecule has 0 N–H and O–H groups in total. The zero-order valence-electron chi connectivity index (χ0n) is 12.9. The maximum Gasteiger partial charge on any atom is 0.536 e. The van der Waals surface area contributed by atoms with Gasteiger partial charge in [0, 0.05) is 16.8 Å². The Morgan fingerprint density at radius 1 is 1.05 bits per heavy atom. The van der Waals surface area contributed by atoms with Crippen molar-refractivity contribution in [3.8, 4) is 0 Å². The summed E-state index contributed by atoms with van der Waals surface area (Å²) in [6, 6.07) is 15.3. The highest BCUT2D eigenvalue weighted by Crippen LogP contribution is 2.23. The lowest BCUT2D eigenvalue weighted by Gasteiger charge is -2.05. The highest BCUT2D eigenvalue weighted by Gasteiger charge is 2.13. The first-order valence-corrected chi connectivity index (χ1v) is 7.53. The van der Waals surface area contributed by atoms with E-state index in [2.05, 4.69) is 93.4 Å². The van der Waals surface area contributed by atoms with Crippen LogP contribution in [0.4, 0.5) is 0 Å². The number of hydrogen-bond acceptors (Lipinski definition) is 0. The van der Waals surface area contributed by atoms with E-state index in [1.807, 2.05) is 0 Å². The Bertz CT molecular complexity index is 818. The van der Waals surface area contributed by atoms with Gasteiger partial charge in [-0.3, -0.25) is 4.48 Å². The maximum absolute atomic E-state index is 2.26. The first kappa shape index (κ1) is 13.9. The molecule has 0 fully saturated rings. The Balaban J connectivity index is 2.27. The van der Waals surface area contributed by atoms with E-state index in [0.717, 1.165) is 0 Å². The quantitative estimate of drug-likeness (QED) is 0.490. The van der Waals surface area contributed by atoms with Gasteiger partial charge in [0.2, 0.25) is 0 Å². The van der Waals surface area contributed by atoms with Gasteiger partial charge in [0.1, 0.15) is 0 Å². The standard InChI is InChI=1S/C19H20BN/c1-14(2)8-9-15-10-11-18-17-7-5-4-6-16(17)13-21(20-3)19(18)12-15/h4-14H,1-3H3/q+1/b9-8+. The van der Waals surface area contributed by atoms with Gasteiger partial charge in [-0.1, -0.05) is 50.3 Å². The van der Waals surface area contributed by atoms with Crippen LogP contribution in [0.1, 0.15) is 19.4 Å². The van der Waals surface area contributed by atoms with Crippen LogP contribution >= 0.6 is 0 Å². The number of nitrogens with zero attached hydrogens (tertiary/aromatic N) is 1. The molecule has 0 saturated carbocycles. The topological polar surface area (TPSA) is 3.88 Å². The smallest absolute Gasteiger partial charge is 0.284 e. The van der Waals surface area contributed by atoms with Crippen molar-refractivity contribution >= 4 is 35.2 Å². The van der Waals surface area contributed by atoms with Crippen molar-refractivity contribution < 1.29 is 4.48 Å². The van der Waals surface area contributed by atoms with Crippen LogP contribution in [0.3, 0.4) is 0 Å². The number of aromatic nitrogens is 1. The molecule has 0 atom stereocenters. The van der Waals surface area contributed by atoms with Crippen LogP contribution in [0, 0.1) is 5.92 Å². The predicted octanol–water partition coefficient (Wildman–Crippen LogP) is 4.47. The molecule has 0 spiro atoms. The van der Waals surface area contributed by atoms with E-state index in [-0.39, 0.29) is 0 Å². The molecule has 103 valence electrons. The summed E-state index contributed by atoms with van der Waals surface area (Å²) >= 11 is 0. The number of benzene rings is 2. The van der Waals surface area contributed by atoms with Crippen molar-refractivity contribution in [3.63, 3.8) is 0 Å². The second kappa shape index (κ2) is 5.73. The summed E-state index contributed by atoms with van der Waals surface area (Å²) < 4.78 is 2.21. The summed E-state index contributed by atoms with van der Waals surface area (Å²) in [6.07, 6.45) is 6.65. The third kappa shape index (κ3) is 2.71. The predicted molar refractivity (Wildman–Crippen MR) is 92.5 cm³/mol. The highest BCUT2D eigenvalue weighted by molar-refractivity contribution is 6.23. The van der Waals surface area contributed by atoms with Gasteiger partial charge < -0.3 is 0 Å².